The van der Waals surface area contributed by atoms with E-state index in [0.717, 1.165) is 16.9 Å². The van der Waals surface area contributed by atoms with Gasteiger partial charge < -0.3 is 4.74 Å². The Morgan fingerprint density at radius 1 is 1.18 bits per heavy atom. The average molecular weight is 415 g/mol. The Hall–Kier alpha value is -2.56. The Bertz CT molecular complexity index is 970. The van der Waals surface area contributed by atoms with E-state index >= 15 is 0 Å². The first-order chi connectivity index (χ1) is 13.5. The molecule has 1 heterocycles. The zero-order chi connectivity index (χ0) is 20.1. The second-order valence-electron chi connectivity index (χ2n) is 6.34. The molecule has 3 rings (SSSR count). The molecule has 0 aliphatic carbocycles. The molecule has 6 heteroatoms. The normalized spacial score (nSPS) is 13.0. The number of hydrogen-bond acceptors (Lipinski definition) is 3. The van der Waals surface area contributed by atoms with E-state index in [-0.39, 0.29) is 11.9 Å². The second-order valence-corrected chi connectivity index (χ2v) is 7.15. The van der Waals surface area contributed by atoms with Crippen molar-refractivity contribution < 1.29 is 9.53 Å². The lowest BCUT2D eigenvalue weighted by atomic mass is 9.88. The third-order valence-corrected chi connectivity index (χ3v) is 5.15. The molecule has 4 nitrogen and oxygen atoms in total. The standard InChI is InChI=1S/C22H20Cl2N2O2/c1-3-7-18(16-10-11-19(23)20(24)14-16)22(28-15(2)27)21-12-13-25-26(21)17-8-5-4-6-9-17/h3-6,8-14,18,22H,1,7H2,2H3. The first-order valence-corrected chi connectivity index (χ1v) is 9.59. The summed E-state index contributed by atoms with van der Waals surface area (Å²) in [7, 11) is 0. The molecule has 0 aliphatic heterocycles. The molecule has 0 amide bonds. The van der Waals surface area contributed by atoms with Crippen molar-refractivity contribution in [2.45, 2.75) is 25.4 Å². The number of aromatic nitrogens is 2. The minimum atomic E-state index is -0.574. The molecule has 1 aromatic heterocycles. The number of rotatable bonds is 7. The molecule has 0 saturated carbocycles. The van der Waals surface area contributed by atoms with Crippen molar-refractivity contribution in [3.05, 3.63) is 94.8 Å². The Labute approximate surface area is 174 Å². The lowest BCUT2D eigenvalue weighted by molar-refractivity contribution is -0.148. The molecule has 0 aliphatic rings. The fourth-order valence-electron chi connectivity index (χ4n) is 3.20. The Morgan fingerprint density at radius 2 is 1.93 bits per heavy atom. The maximum absolute atomic E-state index is 11.9. The highest BCUT2D eigenvalue weighted by Crippen LogP contribution is 2.39. The molecule has 0 fully saturated rings. The number of benzene rings is 2. The van der Waals surface area contributed by atoms with Crippen LogP contribution in [-0.4, -0.2) is 15.7 Å². The van der Waals surface area contributed by atoms with Crippen molar-refractivity contribution in [2.75, 3.05) is 0 Å². The topological polar surface area (TPSA) is 44.1 Å². The fourth-order valence-corrected chi connectivity index (χ4v) is 3.50. The van der Waals surface area contributed by atoms with Crippen molar-refractivity contribution in [3.63, 3.8) is 0 Å². The van der Waals surface area contributed by atoms with Crippen LogP contribution in [0.5, 0.6) is 0 Å². The van der Waals surface area contributed by atoms with E-state index in [4.69, 9.17) is 27.9 Å². The molecule has 28 heavy (non-hydrogen) atoms. The monoisotopic (exact) mass is 414 g/mol. The van der Waals surface area contributed by atoms with Crippen LogP contribution in [0, 0.1) is 0 Å². The number of nitrogens with zero attached hydrogens (tertiary/aromatic N) is 2. The smallest absolute Gasteiger partial charge is 0.303 e. The van der Waals surface area contributed by atoms with E-state index in [2.05, 4.69) is 11.7 Å². The van der Waals surface area contributed by atoms with Crippen molar-refractivity contribution in [1.82, 2.24) is 9.78 Å². The van der Waals surface area contributed by atoms with Gasteiger partial charge in [-0.3, -0.25) is 4.79 Å². The van der Waals surface area contributed by atoms with Crippen LogP contribution >= 0.6 is 23.2 Å². The summed E-state index contributed by atoms with van der Waals surface area (Å²) in [6.07, 6.45) is 3.50. The Balaban J connectivity index is 2.10. The maximum Gasteiger partial charge on any atom is 0.303 e. The highest BCUT2D eigenvalue weighted by atomic mass is 35.5. The van der Waals surface area contributed by atoms with Gasteiger partial charge in [-0.2, -0.15) is 5.10 Å². The van der Waals surface area contributed by atoms with Crippen molar-refractivity contribution in [3.8, 4) is 5.69 Å². The average Bonchev–Trinajstić information content (AvgIpc) is 3.17. The van der Waals surface area contributed by atoms with Crippen LogP contribution in [0.2, 0.25) is 10.0 Å². The predicted molar refractivity (Wildman–Crippen MR) is 112 cm³/mol. The third kappa shape index (κ3) is 4.46. The summed E-state index contributed by atoms with van der Waals surface area (Å²) in [6.45, 7) is 5.27. The first-order valence-electron chi connectivity index (χ1n) is 8.83. The summed E-state index contributed by atoms with van der Waals surface area (Å²) in [5.41, 5.74) is 2.55. The minimum Gasteiger partial charge on any atom is -0.455 e. The van der Waals surface area contributed by atoms with Gasteiger partial charge in [0.15, 0.2) is 6.10 Å². The molecular weight excluding hydrogens is 395 g/mol. The zero-order valence-corrected chi connectivity index (χ0v) is 16.9. The quantitative estimate of drug-likeness (QED) is 0.344. The number of carbonyl (C=O) groups is 1. The molecule has 2 aromatic carbocycles. The molecule has 0 saturated heterocycles. The number of hydrogen-bond donors (Lipinski definition) is 0. The molecule has 0 N–H and O–H groups in total. The van der Waals surface area contributed by atoms with E-state index in [1.54, 1.807) is 29.1 Å². The van der Waals surface area contributed by atoms with Gasteiger partial charge in [-0.25, -0.2) is 4.68 Å². The summed E-state index contributed by atoms with van der Waals surface area (Å²) in [5.74, 6) is -0.574. The SMILES string of the molecule is C=CCC(c1ccc(Cl)c(Cl)c1)C(OC(C)=O)c1ccnn1-c1ccccc1. The lowest BCUT2D eigenvalue weighted by Gasteiger charge is -2.27. The number of carbonyl (C=O) groups excluding carboxylic acids is 1. The lowest BCUT2D eigenvalue weighted by Crippen LogP contribution is -2.20. The predicted octanol–water partition coefficient (Wildman–Crippen LogP) is 6.14. The molecule has 0 spiro atoms. The van der Waals surface area contributed by atoms with Crippen molar-refractivity contribution in [1.29, 1.82) is 0 Å². The molecule has 2 unspecified atom stereocenters. The van der Waals surface area contributed by atoms with Crippen LogP contribution in [0.4, 0.5) is 0 Å². The van der Waals surface area contributed by atoms with Gasteiger partial charge in [0, 0.05) is 19.0 Å². The van der Waals surface area contributed by atoms with Crippen LogP contribution < -0.4 is 0 Å². The Morgan fingerprint density at radius 3 is 2.57 bits per heavy atom. The van der Waals surface area contributed by atoms with E-state index < -0.39 is 6.10 Å². The van der Waals surface area contributed by atoms with Crippen molar-refractivity contribution in [2.24, 2.45) is 0 Å². The van der Waals surface area contributed by atoms with Gasteiger partial charge in [0.25, 0.3) is 0 Å². The van der Waals surface area contributed by atoms with Gasteiger partial charge in [0.05, 0.1) is 21.4 Å². The van der Waals surface area contributed by atoms with Gasteiger partial charge >= 0.3 is 5.97 Å². The van der Waals surface area contributed by atoms with Crippen LogP contribution in [0.3, 0.4) is 0 Å². The summed E-state index contributed by atoms with van der Waals surface area (Å²) < 4.78 is 7.55. The fraction of sp³-hybridized carbons (Fsp3) is 0.182. The van der Waals surface area contributed by atoms with E-state index in [9.17, 15) is 4.79 Å². The molecule has 2 atom stereocenters. The highest BCUT2D eigenvalue weighted by Gasteiger charge is 2.30. The number of halogens is 2. The van der Waals surface area contributed by atoms with Crippen LogP contribution in [-0.2, 0) is 9.53 Å². The molecule has 3 aromatic rings. The number of para-hydroxylation sites is 1. The van der Waals surface area contributed by atoms with Gasteiger partial charge in [-0.1, -0.05) is 53.5 Å². The molecule has 0 bridgehead atoms. The summed E-state index contributed by atoms with van der Waals surface area (Å²) in [5, 5.41) is 5.36. The largest absolute Gasteiger partial charge is 0.455 e. The second kappa shape index (κ2) is 9.09. The highest BCUT2D eigenvalue weighted by molar-refractivity contribution is 6.42. The van der Waals surface area contributed by atoms with Crippen LogP contribution in [0.25, 0.3) is 5.69 Å². The van der Waals surface area contributed by atoms with Gasteiger partial charge in [0.1, 0.15) is 0 Å². The Kier molecular flexibility index (Phi) is 6.55. The summed E-state index contributed by atoms with van der Waals surface area (Å²) in [6, 6.07) is 17.0. The van der Waals surface area contributed by atoms with Crippen LogP contribution in [0.1, 0.15) is 36.6 Å². The van der Waals surface area contributed by atoms with E-state index in [1.165, 1.54) is 6.92 Å². The summed E-state index contributed by atoms with van der Waals surface area (Å²) >= 11 is 12.3. The first kappa shape index (κ1) is 20.2. The third-order valence-electron chi connectivity index (χ3n) is 4.42. The van der Waals surface area contributed by atoms with Gasteiger partial charge in [0.2, 0.25) is 0 Å². The van der Waals surface area contributed by atoms with E-state index in [1.807, 2.05) is 42.5 Å². The maximum atomic E-state index is 11.9. The number of allylic oxidation sites excluding steroid dienone is 1. The molecular formula is C22H20Cl2N2O2. The summed E-state index contributed by atoms with van der Waals surface area (Å²) in [4.78, 5) is 11.9. The van der Waals surface area contributed by atoms with Crippen molar-refractivity contribution >= 4 is 29.2 Å². The molecule has 0 radical (unpaired) electrons. The number of esters is 1. The van der Waals surface area contributed by atoms with E-state index in [0.29, 0.717) is 16.5 Å². The zero-order valence-electron chi connectivity index (χ0n) is 15.4. The number of ether oxygens (including phenoxy) is 1. The van der Waals surface area contributed by atoms with Crippen LogP contribution in [0.15, 0.2) is 73.4 Å². The van der Waals surface area contributed by atoms with Gasteiger partial charge in [-0.05, 0) is 42.3 Å². The molecule has 144 valence electrons. The minimum absolute atomic E-state index is 0.199. The van der Waals surface area contributed by atoms with Gasteiger partial charge in [-0.15, -0.1) is 6.58 Å².